The molecule has 10 heteroatoms. The van der Waals surface area contributed by atoms with Crippen molar-refractivity contribution >= 4 is 5.91 Å². The molecule has 2 aromatic carbocycles. The summed E-state index contributed by atoms with van der Waals surface area (Å²) < 4.78 is 53.6. The molecule has 3 aromatic rings. The van der Waals surface area contributed by atoms with Crippen molar-refractivity contribution in [3.05, 3.63) is 59.5 Å². The van der Waals surface area contributed by atoms with Gasteiger partial charge in [0.2, 0.25) is 11.7 Å². The van der Waals surface area contributed by atoms with Crippen molar-refractivity contribution in [1.29, 1.82) is 0 Å². The standard InChI is InChI=1S/C20H18F3N3O4/c1-11(24-18(27)12-4-6-14(7-5-12)20(21,22)23)19-25-17(26-30-19)13-8-15(28-2)10-16(9-13)29-3/h4-11H,1-3H3,(H,24,27). The van der Waals surface area contributed by atoms with Crippen LogP contribution < -0.4 is 14.8 Å². The number of rotatable bonds is 6. The number of carbonyl (C=O) groups is 1. The van der Waals surface area contributed by atoms with Crippen molar-refractivity contribution < 1.29 is 32.0 Å². The topological polar surface area (TPSA) is 86.5 Å². The first kappa shape index (κ1) is 21.2. The van der Waals surface area contributed by atoms with Crippen molar-refractivity contribution in [3.63, 3.8) is 0 Å². The Morgan fingerprint density at radius 3 is 2.20 bits per heavy atom. The quantitative estimate of drug-likeness (QED) is 0.640. The molecule has 1 amide bonds. The van der Waals surface area contributed by atoms with Crippen molar-refractivity contribution in [2.75, 3.05) is 14.2 Å². The average molecular weight is 421 g/mol. The highest BCUT2D eigenvalue weighted by Gasteiger charge is 2.30. The number of carbonyl (C=O) groups excluding carboxylic acids is 1. The number of ether oxygens (including phenoxy) is 2. The highest BCUT2D eigenvalue weighted by atomic mass is 19.4. The van der Waals surface area contributed by atoms with Crippen molar-refractivity contribution in [3.8, 4) is 22.9 Å². The van der Waals surface area contributed by atoms with Crippen LogP contribution in [-0.4, -0.2) is 30.3 Å². The Hall–Kier alpha value is -3.56. The van der Waals surface area contributed by atoms with Gasteiger partial charge in [-0.05, 0) is 43.3 Å². The smallest absolute Gasteiger partial charge is 0.416 e. The molecule has 0 aliphatic heterocycles. The predicted molar refractivity (Wildman–Crippen MR) is 100 cm³/mol. The second-order valence-electron chi connectivity index (χ2n) is 6.33. The number of hydrogen-bond donors (Lipinski definition) is 1. The van der Waals surface area contributed by atoms with E-state index in [1.807, 2.05) is 0 Å². The molecule has 1 atom stereocenters. The van der Waals surface area contributed by atoms with Gasteiger partial charge in [0.05, 0.1) is 19.8 Å². The predicted octanol–water partition coefficient (Wildman–Crippen LogP) is 4.26. The van der Waals surface area contributed by atoms with Crippen LogP contribution in [0.2, 0.25) is 0 Å². The Morgan fingerprint density at radius 2 is 1.67 bits per heavy atom. The Morgan fingerprint density at radius 1 is 1.07 bits per heavy atom. The van der Waals surface area contributed by atoms with Crippen LogP contribution in [0.1, 0.15) is 34.8 Å². The Bertz CT molecular complexity index is 1010. The second kappa shape index (κ2) is 8.44. The fourth-order valence-electron chi connectivity index (χ4n) is 2.62. The molecule has 158 valence electrons. The monoisotopic (exact) mass is 421 g/mol. The summed E-state index contributed by atoms with van der Waals surface area (Å²) in [5.74, 6) is 0.905. The molecule has 1 heterocycles. The molecule has 1 unspecified atom stereocenters. The van der Waals surface area contributed by atoms with Crippen LogP contribution in [-0.2, 0) is 6.18 Å². The minimum atomic E-state index is -4.47. The molecule has 0 aliphatic carbocycles. The van der Waals surface area contributed by atoms with Crippen LogP contribution in [0, 0.1) is 0 Å². The number of alkyl halides is 3. The van der Waals surface area contributed by atoms with E-state index in [4.69, 9.17) is 14.0 Å². The fourth-order valence-corrected chi connectivity index (χ4v) is 2.62. The summed E-state index contributed by atoms with van der Waals surface area (Å²) in [5.41, 5.74) is -0.169. The first-order valence-electron chi connectivity index (χ1n) is 8.76. The molecular weight excluding hydrogens is 403 g/mol. The first-order valence-corrected chi connectivity index (χ1v) is 8.76. The van der Waals surface area contributed by atoms with Crippen LogP contribution in [0.15, 0.2) is 47.0 Å². The molecule has 1 N–H and O–H groups in total. The molecule has 0 saturated heterocycles. The van der Waals surface area contributed by atoms with Gasteiger partial charge >= 0.3 is 6.18 Å². The van der Waals surface area contributed by atoms with E-state index in [0.717, 1.165) is 24.3 Å². The second-order valence-corrected chi connectivity index (χ2v) is 6.33. The number of hydrogen-bond acceptors (Lipinski definition) is 6. The largest absolute Gasteiger partial charge is 0.497 e. The number of benzene rings is 2. The molecule has 1 aromatic heterocycles. The zero-order valence-corrected chi connectivity index (χ0v) is 16.3. The van der Waals surface area contributed by atoms with Gasteiger partial charge in [-0.15, -0.1) is 0 Å². The van der Waals surface area contributed by atoms with Gasteiger partial charge in [0.1, 0.15) is 17.5 Å². The molecule has 0 fully saturated rings. The Labute approximate surface area is 169 Å². The minimum absolute atomic E-state index is 0.0760. The minimum Gasteiger partial charge on any atom is -0.497 e. The van der Waals surface area contributed by atoms with Gasteiger partial charge in [-0.1, -0.05) is 5.16 Å². The van der Waals surface area contributed by atoms with E-state index in [0.29, 0.717) is 17.1 Å². The number of methoxy groups -OCH3 is 2. The van der Waals surface area contributed by atoms with E-state index in [1.54, 1.807) is 25.1 Å². The fraction of sp³-hybridized carbons (Fsp3) is 0.250. The number of nitrogens with one attached hydrogen (secondary N) is 1. The maximum absolute atomic E-state index is 12.6. The van der Waals surface area contributed by atoms with Crippen LogP contribution in [0.5, 0.6) is 11.5 Å². The molecule has 0 radical (unpaired) electrons. The van der Waals surface area contributed by atoms with Gasteiger partial charge in [0.15, 0.2) is 0 Å². The van der Waals surface area contributed by atoms with Gasteiger partial charge < -0.3 is 19.3 Å². The molecule has 0 bridgehead atoms. The summed E-state index contributed by atoms with van der Waals surface area (Å²) in [6, 6.07) is 8.32. The molecule has 0 aliphatic rings. The van der Waals surface area contributed by atoms with E-state index in [-0.39, 0.29) is 17.3 Å². The van der Waals surface area contributed by atoms with Gasteiger partial charge in [-0.3, -0.25) is 4.79 Å². The van der Waals surface area contributed by atoms with Gasteiger partial charge in [0.25, 0.3) is 5.91 Å². The first-order chi connectivity index (χ1) is 14.2. The Balaban J connectivity index is 1.73. The zero-order valence-electron chi connectivity index (χ0n) is 16.3. The molecule has 0 saturated carbocycles. The Kier molecular flexibility index (Phi) is 5.95. The van der Waals surface area contributed by atoms with Crippen LogP contribution in [0.25, 0.3) is 11.4 Å². The van der Waals surface area contributed by atoms with E-state index in [2.05, 4.69) is 15.5 Å². The van der Waals surface area contributed by atoms with Crippen LogP contribution >= 0.6 is 0 Å². The molecular formula is C20H18F3N3O4. The maximum atomic E-state index is 12.6. The van der Waals surface area contributed by atoms with Crippen LogP contribution in [0.3, 0.4) is 0 Å². The molecule has 7 nitrogen and oxygen atoms in total. The summed E-state index contributed by atoms with van der Waals surface area (Å²) in [5, 5.41) is 6.52. The lowest BCUT2D eigenvalue weighted by atomic mass is 10.1. The van der Waals surface area contributed by atoms with E-state index in [9.17, 15) is 18.0 Å². The molecule has 3 rings (SSSR count). The lowest BCUT2D eigenvalue weighted by Gasteiger charge is -2.11. The van der Waals surface area contributed by atoms with Gasteiger partial charge in [0, 0.05) is 17.2 Å². The average Bonchev–Trinajstić information content (AvgIpc) is 3.23. The normalized spacial score (nSPS) is 12.3. The highest BCUT2D eigenvalue weighted by Crippen LogP contribution is 2.30. The summed E-state index contributed by atoms with van der Waals surface area (Å²) >= 11 is 0. The maximum Gasteiger partial charge on any atom is 0.416 e. The van der Waals surface area contributed by atoms with Crippen molar-refractivity contribution in [2.24, 2.45) is 0 Å². The van der Waals surface area contributed by atoms with E-state index >= 15 is 0 Å². The van der Waals surface area contributed by atoms with Gasteiger partial charge in [-0.25, -0.2) is 0 Å². The SMILES string of the molecule is COc1cc(OC)cc(-c2noc(C(C)NC(=O)c3ccc(C(F)(F)F)cc3)n2)c1. The summed E-state index contributed by atoms with van der Waals surface area (Å²) in [6.07, 6.45) is -4.47. The van der Waals surface area contributed by atoms with Crippen molar-refractivity contribution in [1.82, 2.24) is 15.5 Å². The van der Waals surface area contributed by atoms with Crippen LogP contribution in [0.4, 0.5) is 13.2 Å². The summed E-state index contributed by atoms with van der Waals surface area (Å²) in [4.78, 5) is 16.6. The third kappa shape index (κ3) is 4.70. The number of aromatic nitrogens is 2. The number of nitrogens with zero attached hydrogens (tertiary/aromatic N) is 2. The third-order valence-electron chi connectivity index (χ3n) is 4.24. The number of amides is 1. The van der Waals surface area contributed by atoms with Gasteiger partial charge in [-0.2, -0.15) is 18.2 Å². The highest BCUT2D eigenvalue weighted by molar-refractivity contribution is 5.94. The third-order valence-corrected chi connectivity index (χ3v) is 4.24. The lowest BCUT2D eigenvalue weighted by molar-refractivity contribution is -0.137. The molecule has 0 spiro atoms. The van der Waals surface area contributed by atoms with E-state index in [1.165, 1.54) is 14.2 Å². The van der Waals surface area contributed by atoms with E-state index < -0.39 is 23.7 Å². The molecule has 30 heavy (non-hydrogen) atoms. The summed E-state index contributed by atoms with van der Waals surface area (Å²) in [6.45, 7) is 1.62. The zero-order chi connectivity index (χ0) is 21.9. The number of halogens is 3. The summed E-state index contributed by atoms with van der Waals surface area (Å²) in [7, 11) is 3.03. The lowest BCUT2D eigenvalue weighted by Crippen LogP contribution is -2.26. The van der Waals surface area contributed by atoms with Crippen molar-refractivity contribution in [2.45, 2.75) is 19.1 Å².